The molecule has 1 unspecified atom stereocenters. The van der Waals surface area contributed by atoms with E-state index < -0.39 is 37.5 Å². The zero-order valence-electron chi connectivity index (χ0n) is 51.6. The van der Waals surface area contributed by atoms with Gasteiger partial charge in [0.15, 0.2) is 11.4 Å². The minimum atomic E-state index is -4.72. The van der Waals surface area contributed by atoms with Crippen molar-refractivity contribution in [3.63, 3.8) is 0 Å². The number of piperidine rings is 1. The number of rotatable bonds is 11. The highest BCUT2D eigenvalue weighted by Crippen LogP contribution is 2.55. The largest absolute Gasteiger partial charge is 0.491 e. The van der Waals surface area contributed by atoms with Gasteiger partial charge in [-0.05, 0) is 129 Å². The number of aromatic nitrogens is 3. The van der Waals surface area contributed by atoms with Gasteiger partial charge < -0.3 is 43.8 Å². The van der Waals surface area contributed by atoms with Gasteiger partial charge in [0.1, 0.15) is 29.8 Å². The fourth-order valence-corrected chi connectivity index (χ4v) is 16.8. The summed E-state index contributed by atoms with van der Waals surface area (Å²) in [5.41, 5.74) is 8.77. The molecule has 0 radical (unpaired) electrons. The minimum absolute atomic E-state index is 0.0277. The molecule has 3 aromatic carbocycles. The Labute approximate surface area is 515 Å². The Balaban J connectivity index is 0.728. The Morgan fingerprint density at radius 2 is 1.68 bits per heavy atom. The monoisotopic (exact) mass is 1220 g/mol. The van der Waals surface area contributed by atoms with Gasteiger partial charge in [-0.3, -0.25) is 29.7 Å². The van der Waals surface area contributed by atoms with Crippen molar-refractivity contribution in [1.82, 2.24) is 29.5 Å². The molecule has 466 valence electrons. The molecule has 7 aliphatic heterocycles. The number of pyridine rings is 2. The molecular formula is C67H82N10O10S. The van der Waals surface area contributed by atoms with Crippen LogP contribution in [-0.4, -0.2) is 141 Å². The molecule has 20 nitrogen and oxygen atoms in total. The predicted molar refractivity (Wildman–Crippen MR) is 336 cm³/mol. The van der Waals surface area contributed by atoms with Crippen molar-refractivity contribution in [3.05, 3.63) is 123 Å². The molecule has 14 rings (SSSR count). The van der Waals surface area contributed by atoms with Crippen molar-refractivity contribution in [3.8, 4) is 17.4 Å². The van der Waals surface area contributed by atoms with Crippen LogP contribution in [0.3, 0.4) is 0 Å². The second-order valence-electron chi connectivity index (χ2n) is 27.7. The first-order chi connectivity index (χ1) is 42.2. The Kier molecular flexibility index (Phi) is 15.0. The van der Waals surface area contributed by atoms with Gasteiger partial charge in [0.25, 0.3) is 21.6 Å². The maximum Gasteiger partial charge on any atom is 0.297 e. The number of hydrogen-bond donors (Lipinski definition) is 3. The normalized spacial score (nSPS) is 24.3. The summed E-state index contributed by atoms with van der Waals surface area (Å²) in [4.78, 5) is 49.8. The summed E-state index contributed by atoms with van der Waals surface area (Å²) in [5.74, 6) is 0.645. The number of benzene rings is 3. The van der Waals surface area contributed by atoms with E-state index in [4.69, 9.17) is 33.7 Å². The molecule has 1 spiro atoms. The van der Waals surface area contributed by atoms with Crippen LogP contribution in [0, 0.1) is 28.4 Å². The standard InChI is InChI=1S/C67H82N10O10S/c1-40-10-8-9-11-47(40)55-37-74(41(2)49-36-69-61(65(3,4)5)60-58(49)66(6,7)20-29-85-60)24-25-75(55)45-34-67(35-45)18-22-73(23-19-67)44-12-13-48(52(31-44)76-51-17-28-84-39-57(51)87-64-54(76)30-43-14-21-68-62(43)71-64)63(78)72-88(81,82)46-32-53(77(79)80)59-56(33-46)86-38-50(70-59)42-15-26-83-27-16-42/h8-14,21,30-33,36,41-42,45,50-51,55,57,70H,15-20,22-29,34-35,37-39H2,1-7H3,(H,68,71)(H,72,78)/t41?,50-,51-,55-,57-/m0/s1. The number of sulfonamides is 1. The topological polar surface area (TPSA) is 219 Å². The van der Waals surface area contributed by atoms with Crippen molar-refractivity contribution < 1.29 is 41.8 Å². The van der Waals surface area contributed by atoms with E-state index in [1.54, 1.807) is 6.07 Å². The van der Waals surface area contributed by atoms with Gasteiger partial charge in [-0.15, -0.1) is 0 Å². The summed E-state index contributed by atoms with van der Waals surface area (Å²) >= 11 is 0. The van der Waals surface area contributed by atoms with Crippen molar-refractivity contribution in [1.29, 1.82) is 0 Å². The number of nitro groups is 1. The average molecular weight is 1220 g/mol. The molecule has 1 aliphatic carbocycles. The lowest BCUT2D eigenvalue weighted by Gasteiger charge is -2.58. The number of anilines is 4. The Bertz CT molecular complexity index is 3810. The summed E-state index contributed by atoms with van der Waals surface area (Å²) < 4.78 is 62.1. The van der Waals surface area contributed by atoms with Gasteiger partial charge in [0.05, 0.1) is 52.1 Å². The number of aryl methyl sites for hydroxylation is 1. The van der Waals surface area contributed by atoms with Crippen molar-refractivity contribution in [2.45, 2.75) is 152 Å². The van der Waals surface area contributed by atoms with Crippen LogP contribution in [-0.2, 0) is 30.3 Å². The lowest BCUT2D eigenvalue weighted by Crippen LogP contribution is -2.60. The number of amides is 1. The molecule has 3 aromatic heterocycles. The van der Waals surface area contributed by atoms with Crippen LogP contribution in [0.1, 0.15) is 143 Å². The lowest BCUT2D eigenvalue weighted by atomic mass is 9.59. The summed E-state index contributed by atoms with van der Waals surface area (Å²) in [5, 5.41) is 16.8. The predicted octanol–water partition coefficient (Wildman–Crippen LogP) is 10.8. The van der Waals surface area contributed by atoms with Crippen LogP contribution >= 0.6 is 0 Å². The maximum atomic E-state index is 15.0. The molecule has 8 aliphatic rings. The molecule has 10 heterocycles. The van der Waals surface area contributed by atoms with Gasteiger partial charge in [-0.2, -0.15) is 4.98 Å². The Morgan fingerprint density at radius 1 is 0.898 bits per heavy atom. The first-order valence-electron chi connectivity index (χ1n) is 31.7. The summed E-state index contributed by atoms with van der Waals surface area (Å²) in [6.45, 7) is 23.3. The summed E-state index contributed by atoms with van der Waals surface area (Å²) in [7, 11) is -4.72. The second kappa shape index (κ2) is 22.5. The van der Waals surface area contributed by atoms with E-state index in [1.807, 2.05) is 30.5 Å². The van der Waals surface area contributed by atoms with Gasteiger partial charge in [-0.1, -0.05) is 58.9 Å². The van der Waals surface area contributed by atoms with Crippen LogP contribution in [0.15, 0.2) is 84.0 Å². The molecule has 1 saturated carbocycles. The van der Waals surface area contributed by atoms with E-state index >= 15 is 4.79 Å². The van der Waals surface area contributed by atoms with E-state index in [9.17, 15) is 18.5 Å². The lowest BCUT2D eigenvalue weighted by molar-refractivity contribution is -0.384. The van der Waals surface area contributed by atoms with E-state index in [1.165, 1.54) is 28.3 Å². The van der Waals surface area contributed by atoms with E-state index in [2.05, 4.69) is 114 Å². The minimum Gasteiger partial charge on any atom is -0.491 e. The zero-order valence-corrected chi connectivity index (χ0v) is 52.4. The molecule has 5 fully saturated rings. The molecule has 1 amide bonds. The van der Waals surface area contributed by atoms with Gasteiger partial charge in [-0.25, -0.2) is 13.1 Å². The highest BCUT2D eigenvalue weighted by molar-refractivity contribution is 7.90. The number of nitrogens with one attached hydrogen (secondary N) is 3. The van der Waals surface area contributed by atoms with Crippen molar-refractivity contribution in [2.24, 2.45) is 11.3 Å². The molecule has 88 heavy (non-hydrogen) atoms. The number of ether oxygens (including phenoxy) is 5. The quantitative estimate of drug-likeness (QED) is 0.0811. The van der Waals surface area contributed by atoms with E-state index in [0.717, 1.165) is 106 Å². The third-order valence-corrected chi connectivity index (χ3v) is 22.2. The first-order valence-corrected chi connectivity index (χ1v) is 33.2. The molecule has 4 saturated heterocycles. The highest BCUT2D eigenvalue weighted by atomic mass is 32.2. The summed E-state index contributed by atoms with van der Waals surface area (Å²) in [6.07, 6.45) is 10.8. The van der Waals surface area contributed by atoms with Crippen LogP contribution in [0.2, 0.25) is 0 Å². The fourth-order valence-electron chi connectivity index (χ4n) is 15.8. The number of piperazine rings is 1. The van der Waals surface area contributed by atoms with Crippen LogP contribution < -0.4 is 34.0 Å². The van der Waals surface area contributed by atoms with Crippen molar-refractivity contribution in [2.75, 3.05) is 87.5 Å². The van der Waals surface area contributed by atoms with E-state index in [0.29, 0.717) is 68.4 Å². The molecule has 0 bridgehead atoms. The third-order valence-electron chi connectivity index (χ3n) is 20.9. The Morgan fingerprint density at radius 3 is 2.45 bits per heavy atom. The van der Waals surface area contributed by atoms with Gasteiger partial charge in [0, 0.05) is 117 Å². The smallest absolute Gasteiger partial charge is 0.297 e. The number of nitrogens with zero attached hydrogens (tertiary/aromatic N) is 7. The number of carbonyl (C=O) groups is 1. The Hall–Kier alpha value is -7.04. The summed E-state index contributed by atoms with van der Waals surface area (Å²) in [6, 6.07) is 21.0. The first kappa shape index (κ1) is 58.6. The number of aromatic amines is 1. The van der Waals surface area contributed by atoms with Gasteiger partial charge >= 0.3 is 0 Å². The zero-order chi connectivity index (χ0) is 61.0. The highest BCUT2D eigenvalue weighted by Gasteiger charge is 2.51. The van der Waals surface area contributed by atoms with Crippen LogP contribution in [0.5, 0.6) is 17.4 Å². The molecule has 21 heteroatoms. The van der Waals surface area contributed by atoms with E-state index in [-0.39, 0.29) is 69.9 Å². The molecular weight excluding hydrogens is 1140 g/mol. The third kappa shape index (κ3) is 10.6. The molecule has 6 aromatic rings. The average Bonchev–Trinajstić information content (AvgIpc) is 1.16. The molecule has 3 N–H and O–H groups in total. The number of carbonyl (C=O) groups excluding carboxylic acids is 1. The number of H-pyrrole nitrogens is 1. The SMILES string of the molecule is Cc1ccccc1[C@@H]1CN(C(C)c2cnc(C(C)(C)C)c3c2C(C)(C)CCO3)CCN1C1CC2(CCN(c3ccc(C(=O)NS(=O)(=O)c4cc5c(c([N+](=O)[O-])c4)N[C@H](C4CCOCC4)CO5)c(N4c5cc6cc[nH]c6nc5O[C@H]5COCC[C@@H]54)c3)CC2)C1. The second-order valence-corrected chi connectivity index (χ2v) is 29.4. The maximum absolute atomic E-state index is 15.0. The van der Waals surface area contributed by atoms with Crippen LogP contribution in [0.4, 0.5) is 28.4 Å². The number of nitro benzene ring substituents is 1. The van der Waals surface area contributed by atoms with Gasteiger partial charge in [0.2, 0.25) is 5.88 Å². The van der Waals surface area contributed by atoms with Crippen molar-refractivity contribution >= 4 is 55.4 Å². The number of hydrogen-bond acceptors (Lipinski definition) is 17. The molecule has 5 atom stereocenters. The fraction of sp³-hybridized carbons (Fsp3) is 0.537. The van der Waals surface area contributed by atoms with Crippen LogP contribution in [0.25, 0.3) is 11.0 Å². The number of fused-ring (bicyclic) bond motifs is 5.